The van der Waals surface area contributed by atoms with Crippen molar-refractivity contribution in [3.05, 3.63) is 30.1 Å². The van der Waals surface area contributed by atoms with E-state index in [-0.39, 0.29) is 0 Å². The minimum atomic E-state index is 0.369. The third-order valence-electron chi connectivity index (χ3n) is 1.43. The second kappa shape index (κ2) is 3.46. The number of hydrogen-bond donors (Lipinski definition) is 0. The normalized spacial score (nSPS) is 11.6. The van der Waals surface area contributed by atoms with Crippen molar-refractivity contribution < 1.29 is 0 Å². The summed E-state index contributed by atoms with van der Waals surface area (Å²) >= 11 is 0.800. The van der Waals surface area contributed by atoms with Crippen molar-refractivity contribution in [3.63, 3.8) is 0 Å². The number of aromatic nitrogens is 1. The van der Waals surface area contributed by atoms with E-state index in [0.29, 0.717) is -0.490 Å². The van der Waals surface area contributed by atoms with Crippen LogP contribution in [-0.2, 0) is -0.490 Å². The maximum atomic E-state index is 4.30. The SMILES string of the molecule is C[C](C)([K])c1ccccn1. The second-order valence-electron chi connectivity index (χ2n) is 3.46. The molecule has 0 aliphatic rings. The van der Waals surface area contributed by atoms with E-state index in [4.69, 9.17) is 0 Å². The zero-order valence-corrected chi connectivity index (χ0v) is 9.88. The number of rotatable bonds is 1. The van der Waals surface area contributed by atoms with Crippen LogP contribution in [0.3, 0.4) is 0 Å². The molecular formula is C8H10KN. The fraction of sp³-hybridized carbons (Fsp3) is 0.375. The van der Waals surface area contributed by atoms with E-state index in [1.807, 2.05) is 12.3 Å². The molecule has 0 radical (unpaired) electrons. The van der Waals surface area contributed by atoms with Crippen molar-refractivity contribution >= 4 is 49.0 Å². The summed E-state index contributed by atoms with van der Waals surface area (Å²) in [6.45, 7) is 4.49. The number of pyridine rings is 1. The monoisotopic (exact) mass is 159 g/mol. The second-order valence-corrected chi connectivity index (χ2v) is 7.37. The van der Waals surface area contributed by atoms with Gasteiger partial charge in [-0.3, -0.25) is 0 Å². The zero-order chi connectivity index (χ0) is 7.61. The molecule has 0 aliphatic carbocycles. The standard InChI is InChI=1S/C8H10N.K/c1-7(2)8-5-3-4-6-9-8;/h3-6H,1-2H3;. The van der Waals surface area contributed by atoms with Gasteiger partial charge in [0.25, 0.3) is 0 Å². The van der Waals surface area contributed by atoms with E-state index >= 15 is 0 Å². The fourth-order valence-corrected chi connectivity index (χ4v) is 1.27. The number of nitrogens with zero attached hydrogens (tertiary/aromatic N) is 1. The van der Waals surface area contributed by atoms with Crippen molar-refractivity contribution in [2.24, 2.45) is 0 Å². The van der Waals surface area contributed by atoms with E-state index in [9.17, 15) is 0 Å². The molecule has 2 heteroatoms. The van der Waals surface area contributed by atoms with Gasteiger partial charge in [-0.2, -0.15) is 0 Å². The van der Waals surface area contributed by atoms with Crippen LogP contribution >= 0.6 is 0 Å². The Kier molecular flexibility index (Phi) is 3.07. The molecule has 0 spiro atoms. The molecular weight excluding hydrogens is 149 g/mol. The van der Waals surface area contributed by atoms with Gasteiger partial charge in [0.2, 0.25) is 0 Å². The first kappa shape index (κ1) is 8.88. The van der Waals surface area contributed by atoms with Gasteiger partial charge in [0.15, 0.2) is 0 Å². The van der Waals surface area contributed by atoms with Gasteiger partial charge in [0.05, 0.1) is 0 Å². The molecule has 1 aromatic heterocycles. The Morgan fingerprint density at radius 3 is 2.40 bits per heavy atom. The molecule has 1 heterocycles. The molecule has 0 N–H and O–H groups in total. The average Bonchev–Trinajstić information content (AvgIpc) is 1.88. The minimum absolute atomic E-state index is 0.369. The summed E-state index contributed by atoms with van der Waals surface area (Å²) in [6.07, 6.45) is 1.86. The van der Waals surface area contributed by atoms with Crippen LogP contribution in [0.15, 0.2) is 24.4 Å². The van der Waals surface area contributed by atoms with Gasteiger partial charge in [-0.05, 0) is 0 Å². The molecule has 0 saturated heterocycles. The first-order chi connectivity index (χ1) is 4.61. The predicted octanol–water partition coefficient (Wildman–Crippen LogP) is 1.49. The third-order valence-corrected chi connectivity index (χ3v) is 2.23. The summed E-state index contributed by atoms with van der Waals surface area (Å²) in [5.41, 5.74) is 1.23. The summed E-state index contributed by atoms with van der Waals surface area (Å²) in [6, 6.07) is 6.11. The van der Waals surface area contributed by atoms with Crippen LogP contribution in [0.5, 0.6) is 0 Å². The van der Waals surface area contributed by atoms with Crippen LogP contribution in [0.4, 0.5) is 0 Å². The molecule has 1 nitrogen and oxygen atoms in total. The van der Waals surface area contributed by atoms with E-state index in [1.54, 1.807) is 0 Å². The zero-order valence-electron chi connectivity index (χ0n) is 6.76. The Morgan fingerprint density at radius 2 is 2.10 bits per heavy atom. The summed E-state index contributed by atoms with van der Waals surface area (Å²) in [5.74, 6) is 0. The van der Waals surface area contributed by atoms with E-state index in [1.165, 1.54) is 5.69 Å². The first-order valence-corrected chi connectivity index (χ1v) is 5.08. The van der Waals surface area contributed by atoms with E-state index in [0.717, 1.165) is 49.0 Å². The average molecular weight is 159 g/mol. The maximum absolute atomic E-state index is 4.30. The van der Waals surface area contributed by atoms with Gasteiger partial charge in [-0.15, -0.1) is 0 Å². The first-order valence-electron chi connectivity index (χ1n) is 3.52. The molecule has 0 fully saturated rings. The molecule has 1 aromatic rings. The van der Waals surface area contributed by atoms with Crippen LogP contribution in [0.2, 0.25) is 0 Å². The van der Waals surface area contributed by atoms with Gasteiger partial charge < -0.3 is 0 Å². The van der Waals surface area contributed by atoms with Gasteiger partial charge in [-0.25, -0.2) is 0 Å². The van der Waals surface area contributed by atoms with Crippen LogP contribution in [0.1, 0.15) is 19.5 Å². The molecule has 1 rings (SSSR count). The topological polar surface area (TPSA) is 12.9 Å². The summed E-state index contributed by atoms with van der Waals surface area (Å²) in [5, 5.41) is 0. The molecule has 0 bridgehead atoms. The van der Waals surface area contributed by atoms with Crippen molar-refractivity contribution in [2.45, 2.75) is 13.4 Å². The molecule has 10 heavy (non-hydrogen) atoms. The van der Waals surface area contributed by atoms with Crippen LogP contribution in [0, 0.1) is 0 Å². The van der Waals surface area contributed by atoms with Crippen molar-refractivity contribution in [3.8, 4) is 0 Å². The predicted molar refractivity (Wildman–Crippen MR) is 43.0 cm³/mol. The summed E-state index contributed by atoms with van der Waals surface area (Å²) in [4.78, 5) is 4.30. The fourth-order valence-electron chi connectivity index (χ4n) is 0.806. The Hall–Kier alpha value is 0.786. The summed E-state index contributed by atoms with van der Waals surface area (Å²) in [7, 11) is 0. The van der Waals surface area contributed by atoms with Crippen molar-refractivity contribution in [1.82, 2.24) is 4.98 Å². The molecule has 0 saturated carbocycles. The van der Waals surface area contributed by atoms with Gasteiger partial charge in [0.1, 0.15) is 0 Å². The Balaban J connectivity index is 2.97. The van der Waals surface area contributed by atoms with Gasteiger partial charge >= 0.3 is 97.4 Å². The van der Waals surface area contributed by atoms with Gasteiger partial charge in [-0.1, -0.05) is 0 Å². The molecule has 0 atom stereocenters. The molecule has 0 amide bonds. The summed E-state index contributed by atoms with van der Waals surface area (Å²) < 4.78 is 0.369. The Bertz CT molecular complexity index is 200. The number of hydrogen-bond acceptors (Lipinski definition) is 1. The molecule has 0 aromatic carbocycles. The van der Waals surface area contributed by atoms with Gasteiger partial charge in [0, 0.05) is 0 Å². The molecule has 0 unspecified atom stereocenters. The molecule has 0 aliphatic heterocycles. The Labute approximate surface area is 95.8 Å². The molecule has 48 valence electrons. The van der Waals surface area contributed by atoms with Crippen LogP contribution in [0.25, 0.3) is 0 Å². The van der Waals surface area contributed by atoms with Crippen molar-refractivity contribution in [2.75, 3.05) is 0 Å². The quantitative estimate of drug-likeness (QED) is 0.566. The van der Waals surface area contributed by atoms with Crippen LogP contribution in [-0.4, -0.2) is 53.9 Å². The van der Waals surface area contributed by atoms with Crippen molar-refractivity contribution in [1.29, 1.82) is 0 Å². The van der Waals surface area contributed by atoms with E-state index < -0.39 is 0 Å². The van der Waals surface area contributed by atoms with E-state index in [2.05, 4.69) is 31.0 Å². The third kappa shape index (κ3) is 2.44. The van der Waals surface area contributed by atoms with Crippen LogP contribution < -0.4 is 0 Å². The Morgan fingerprint density at radius 1 is 1.40 bits per heavy atom.